The van der Waals surface area contributed by atoms with Crippen molar-refractivity contribution in [1.82, 2.24) is 0 Å². The largest absolute Gasteiger partial charge is 0.140 e. The first-order valence-electron chi connectivity index (χ1n) is 15.0. The van der Waals surface area contributed by atoms with Gasteiger partial charge in [-0.05, 0) is 105 Å². The average molecular weight is 537 g/mol. The first-order valence-corrected chi connectivity index (χ1v) is 16.6. The van der Waals surface area contributed by atoms with Gasteiger partial charge >= 0.3 is 0 Å². The van der Waals surface area contributed by atoms with Crippen LogP contribution in [0.3, 0.4) is 0 Å². The van der Waals surface area contributed by atoms with Crippen LogP contribution in [0.4, 0.5) is 0 Å². The van der Waals surface area contributed by atoms with Gasteiger partial charge in [0.2, 0.25) is 0 Å². The van der Waals surface area contributed by atoms with Crippen LogP contribution in [0.5, 0.6) is 0 Å². The number of fused-ring (bicyclic) bond motifs is 7. The zero-order valence-corrected chi connectivity index (χ0v) is 24.7. The van der Waals surface area contributed by atoms with Gasteiger partial charge in [-0.25, -0.2) is 0 Å². The molecule has 38 heavy (non-hydrogen) atoms. The predicted molar refractivity (Wildman–Crippen MR) is 175 cm³/mol. The van der Waals surface area contributed by atoms with E-state index in [0.717, 1.165) is 0 Å². The molecular formula is C36H40S2. The number of aryl methyl sites for hydroxylation is 2. The molecule has 0 aliphatic carbocycles. The predicted octanol–water partition coefficient (Wildman–Crippen LogP) is 12.6. The van der Waals surface area contributed by atoms with E-state index in [1.54, 1.807) is 9.75 Å². The molecule has 196 valence electrons. The highest BCUT2D eigenvalue weighted by molar-refractivity contribution is 7.19. The number of rotatable bonds is 12. The molecule has 0 amide bonds. The molecule has 2 aromatic heterocycles. The highest BCUT2D eigenvalue weighted by Gasteiger charge is 2.11. The fraction of sp³-hybridized carbons (Fsp3) is 0.389. The molecule has 2 heteroatoms. The van der Waals surface area contributed by atoms with Crippen molar-refractivity contribution >= 4 is 75.2 Å². The minimum Gasteiger partial charge on any atom is -0.140 e. The normalized spacial score (nSPS) is 12.2. The van der Waals surface area contributed by atoms with Gasteiger partial charge in [0.1, 0.15) is 0 Å². The Kier molecular flexibility index (Phi) is 8.00. The van der Waals surface area contributed by atoms with E-state index in [2.05, 4.69) is 74.5 Å². The van der Waals surface area contributed by atoms with Crippen LogP contribution in [0.1, 0.15) is 87.8 Å². The van der Waals surface area contributed by atoms with Crippen molar-refractivity contribution in [3.05, 3.63) is 70.4 Å². The Morgan fingerprint density at radius 2 is 0.868 bits per heavy atom. The average Bonchev–Trinajstić information content (AvgIpc) is 3.52. The Bertz CT molecular complexity index is 1570. The van der Waals surface area contributed by atoms with E-state index in [-0.39, 0.29) is 0 Å². The van der Waals surface area contributed by atoms with E-state index in [9.17, 15) is 0 Å². The lowest BCUT2D eigenvalue weighted by Gasteiger charge is -2.08. The number of benzene rings is 4. The van der Waals surface area contributed by atoms with E-state index >= 15 is 0 Å². The molecule has 0 N–H and O–H groups in total. The summed E-state index contributed by atoms with van der Waals surface area (Å²) in [4.78, 5) is 3.09. The van der Waals surface area contributed by atoms with Crippen LogP contribution >= 0.6 is 22.7 Å². The van der Waals surface area contributed by atoms with Crippen LogP contribution in [-0.4, -0.2) is 0 Å². The van der Waals surface area contributed by atoms with Crippen molar-refractivity contribution in [2.45, 2.75) is 90.9 Å². The van der Waals surface area contributed by atoms with Gasteiger partial charge in [0.15, 0.2) is 0 Å². The minimum absolute atomic E-state index is 1.22. The maximum Gasteiger partial charge on any atom is 0.0352 e. The summed E-state index contributed by atoms with van der Waals surface area (Å²) in [5.41, 5.74) is 0. The van der Waals surface area contributed by atoms with Crippen LogP contribution in [0, 0.1) is 0 Å². The molecule has 0 aliphatic heterocycles. The van der Waals surface area contributed by atoms with E-state index in [1.165, 1.54) is 130 Å². The zero-order chi connectivity index (χ0) is 25.9. The summed E-state index contributed by atoms with van der Waals surface area (Å²) in [5, 5.41) is 11.1. The van der Waals surface area contributed by atoms with Gasteiger partial charge < -0.3 is 0 Å². The van der Waals surface area contributed by atoms with Crippen LogP contribution < -0.4 is 0 Å². The standard InChI is InChI=1S/C36H40S2/c1-3-5-7-9-11-13-29-21-27-19-25-15-17-32-31(33(25)23-35(27)37-29)18-16-26-20-28-22-30(14-12-10-8-6-4-2)38-36(28)24-34(26)32/h15-24H,3-14H2,1-2H3. The molecular weight excluding hydrogens is 497 g/mol. The highest BCUT2D eigenvalue weighted by Crippen LogP contribution is 2.38. The van der Waals surface area contributed by atoms with Crippen molar-refractivity contribution in [3.8, 4) is 0 Å². The van der Waals surface area contributed by atoms with Crippen LogP contribution in [0.15, 0.2) is 60.7 Å². The summed E-state index contributed by atoms with van der Waals surface area (Å²) in [6, 6.07) is 24.1. The van der Waals surface area contributed by atoms with Gasteiger partial charge in [0, 0.05) is 19.2 Å². The van der Waals surface area contributed by atoms with Gasteiger partial charge in [0.05, 0.1) is 0 Å². The summed E-state index contributed by atoms with van der Waals surface area (Å²) in [6.45, 7) is 4.58. The maximum absolute atomic E-state index is 2.46. The highest BCUT2D eigenvalue weighted by atomic mass is 32.1. The molecule has 6 rings (SSSR count). The second-order valence-electron chi connectivity index (χ2n) is 11.2. The van der Waals surface area contributed by atoms with Crippen molar-refractivity contribution in [3.63, 3.8) is 0 Å². The second kappa shape index (κ2) is 11.8. The Morgan fingerprint density at radius 1 is 0.421 bits per heavy atom. The van der Waals surface area contributed by atoms with Crippen molar-refractivity contribution in [2.24, 2.45) is 0 Å². The molecule has 0 spiro atoms. The van der Waals surface area contributed by atoms with E-state index < -0.39 is 0 Å². The fourth-order valence-electron chi connectivity index (χ4n) is 6.11. The lowest BCUT2D eigenvalue weighted by Crippen LogP contribution is -1.81. The van der Waals surface area contributed by atoms with Crippen LogP contribution in [0.2, 0.25) is 0 Å². The fourth-order valence-corrected chi connectivity index (χ4v) is 8.36. The number of unbranched alkanes of at least 4 members (excludes halogenated alkanes) is 8. The third kappa shape index (κ3) is 5.36. The number of hydrogen-bond donors (Lipinski definition) is 0. The third-order valence-electron chi connectivity index (χ3n) is 8.26. The Morgan fingerprint density at radius 3 is 1.32 bits per heavy atom. The quantitative estimate of drug-likeness (QED) is 0.108. The SMILES string of the molecule is CCCCCCCc1cc2cc3ccc4c5cc6sc(CCCCCCC)cc6cc5ccc4c3cc2s1. The third-order valence-corrected chi connectivity index (χ3v) is 10.6. The zero-order valence-electron chi connectivity index (χ0n) is 23.1. The van der Waals surface area contributed by atoms with Gasteiger partial charge in [0.25, 0.3) is 0 Å². The molecule has 0 bridgehead atoms. The van der Waals surface area contributed by atoms with Crippen LogP contribution in [0.25, 0.3) is 52.5 Å². The molecule has 6 aromatic rings. The van der Waals surface area contributed by atoms with Gasteiger partial charge in [-0.3, -0.25) is 0 Å². The van der Waals surface area contributed by atoms with Gasteiger partial charge in [-0.2, -0.15) is 0 Å². The van der Waals surface area contributed by atoms with E-state index in [4.69, 9.17) is 0 Å². The van der Waals surface area contributed by atoms with Crippen molar-refractivity contribution in [2.75, 3.05) is 0 Å². The summed E-state index contributed by atoms with van der Waals surface area (Å²) in [6.07, 6.45) is 15.9. The monoisotopic (exact) mass is 536 g/mol. The molecule has 0 unspecified atom stereocenters. The van der Waals surface area contributed by atoms with E-state index in [0.29, 0.717) is 0 Å². The molecule has 4 aromatic carbocycles. The lowest BCUT2D eigenvalue weighted by atomic mass is 9.96. The summed E-state index contributed by atoms with van der Waals surface area (Å²) < 4.78 is 2.87. The number of hydrogen-bond acceptors (Lipinski definition) is 2. The molecule has 0 radical (unpaired) electrons. The van der Waals surface area contributed by atoms with Crippen molar-refractivity contribution < 1.29 is 0 Å². The topological polar surface area (TPSA) is 0 Å². The number of thiophene rings is 2. The second-order valence-corrected chi connectivity index (χ2v) is 13.5. The maximum atomic E-state index is 2.46. The lowest BCUT2D eigenvalue weighted by molar-refractivity contribution is 0.634. The molecule has 0 saturated heterocycles. The summed E-state index contributed by atoms with van der Waals surface area (Å²) in [7, 11) is 0. The van der Waals surface area contributed by atoms with Crippen molar-refractivity contribution in [1.29, 1.82) is 0 Å². The smallest absolute Gasteiger partial charge is 0.0352 e. The summed E-state index contributed by atoms with van der Waals surface area (Å²) >= 11 is 4.01. The molecule has 0 saturated carbocycles. The Labute approximate surface area is 235 Å². The van der Waals surface area contributed by atoms with Crippen LogP contribution in [-0.2, 0) is 12.8 Å². The molecule has 0 nitrogen and oxygen atoms in total. The Hall–Kier alpha value is -2.42. The van der Waals surface area contributed by atoms with E-state index in [1.807, 2.05) is 22.7 Å². The first-order chi connectivity index (χ1) is 18.7. The molecule has 0 fully saturated rings. The summed E-state index contributed by atoms with van der Waals surface area (Å²) in [5.74, 6) is 0. The molecule has 0 aliphatic rings. The van der Waals surface area contributed by atoms with Gasteiger partial charge in [-0.1, -0.05) is 89.5 Å². The molecule has 0 atom stereocenters. The minimum atomic E-state index is 1.22. The first kappa shape index (κ1) is 25.8. The molecule has 2 heterocycles. The Balaban J connectivity index is 1.31. The van der Waals surface area contributed by atoms with Gasteiger partial charge in [-0.15, -0.1) is 22.7 Å².